The van der Waals surface area contributed by atoms with Crippen LogP contribution in [0, 0.1) is 6.92 Å². The first-order chi connectivity index (χ1) is 11.7. The predicted octanol–water partition coefficient (Wildman–Crippen LogP) is 2.83. The number of guanidine groups is 1. The van der Waals surface area contributed by atoms with Gasteiger partial charge in [0.05, 0.1) is 12.9 Å². The number of nitrogens with one attached hydrogen (secondary N) is 2. The molecule has 1 heterocycles. The summed E-state index contributed by atoms with van der Waals surface area (Å²) in [6.45, 7) is 6.59. The van der Waals surface area contributed by atoms with Crippen LogP contribution in [-0.4, -0.2) is 41.8 Å². The zero-order valence-electron chi connectivity index (χ0n) is 15.1. The van der Waals surface area contributed by atoms with Crippen LogP contribution >= 0.6 is 24.0 Å². The number of aliphatic imine (C=N–C) groups is 1. The Hall–Kier alpha value is -1.77. The quantitative estimate of drug-likeness (QED) is 0.277. The molecule has 2 N–H and O–H groups in total. The van der Waals surface area contributed by atoms with E-state index >= 15 is 0 Å². The van der Waals surface area contributed by atoms with Crippen molar-refractivity contribution in [3.63, 3.8) is 0 Å². The van der Waals surface area contributed by atoms with Crippen molar-refractivity contribution in [1.82, 2.24) is 20.2 Å². The first kappa shape index (κ1) is 21.3. The third-order valence-corrected chi connectivity index (χ3v) is 3.55. The molecule has 138 valence electrons. The van der Waals surface area contributed by atoms with E-state index in [1.807, 2.05) is 37.6 Å². The number of hydrogen-bond donors (Lipinski definition) is 2. The Morgan fingerprint density at radius 3 is 2.88 bits per heavy atom. The molecule has 0 amide bonds. The Labute approximate surface area is 167 Å². The van der Waals surface area contributed by atoms with Crippen molar-refractivity contribution < 1.29 is 4.74 Å². The van der Waals surface area contributed by atoms with E-state index in [4.69, 9.17) is 4.74 Å². The fourth-order valence-electron chi connectivity index (χ4n) is 2.31. The third-order valence-electron chi connectivity index (χ3n) is 3.55. The van der Waals surface area contributed by atoms with E-state index in [0.29, 0.717) is 6.54 Å². The zero-order chi connectivity index (χ0) is 17.2. The Morgan fingerprint density at radius 1 is 1.36 bits per heavy atom. The number of rotatable bonds is 8. The summed E-state index contributed by atoms with van der Waals surface area (Å²) in [5.74, 6) is 1.69. The normalized spacial score (nSPS) is 12.2. The molecule has 0 aliphatic rings. The fourth-order valence-corrected chi connectivity index (χ4v) is 2.31. The number of imidazole rings is 1. The molecule has 1 aromatic heterocycles. The van der Waals surface area contributed by atoms with Gasteiger partial charge in [0, 0.05) is 32.5 Å². The molecule has 7 heteroatoms. The molecule has 1 aromatic carbocycles. The molecule has 0 aliphatic carbocycles. The Balaban J connectivity index is 0.00000312. The molecule has 0 fully saturated rings. The third kappa shape index (κ3) is 8.24. The van der Waals surface area contributed by atoms with Crippen molar-refractivity contribution in [2.24, 2.45) is 4.99 Å². The van der Waals surface area contributed by atoms with Crippen molar-refractivity contribution >= 4 is 29.9 Å². The minimum Gasteiger partial charge on any atom is -0.489 e. The molecule has 25 heavy (non-hydrogen) atoms. The van der Waals surface area contributed by atoms with Crippen molar-refractivity contribution in [2.75, 3.05) is 20.1 Å². The van der Waals surface area contributed by atoms with E-state index in [1.54, 1.807) is 13.2 Å². The summed E-state index contributed by atoms with van der Waals surface area (Å²) in [6, 6.07) is 8.09. The molecular weight excluding hydrogens is 429 g/mol. The maximum absolute atomic E-state index is 5.91. The van der Waals surface area contributed by atoms with E-state index in [1.165, 1.54) is 5.56 Å². The molecule has 2 rings (SSSR count). The van der Waals surface area contributed by atoms with Gasteiger partial charge in [-0.05, 0) is 38.0 Å². The van der Waals surface area contributed by atoms with Crippen LogP contribution in [0.3, 0.4) is 0 Å². The average molecular weight is 457 g/mol. The topological polar surface area (TPSA) is 63.5 Å². The molecule has 2 aromatic rings. The van der Waals surface area contributed by atoms with Gasteiger partial charge in [-0.3, -0.25) is 4.99 Å². The van der Waals surface area contributed by atoms with Gasteiger partial charge in [0.25, 0.3) is 0 Å². The number of aromatic nitrogens is 2. The highest BCUT2D eigenvalue weighted by molar-refractivity contribution is 14.0. The van der Waals surface area contributed by atoms with Gasteiger partial charge in [-0.2, -0.15) is 0 Å². The van der Waals surface area contributed by atoms with Crippen LogP contribution in [0.1, 0.15) is 18.9 Å². The summed E-state index contributed by atoms with van der Waals surface area (Å²) in [5.41, 5.74) is 1.20. The summed E-state index contributed by atoms with van der Waals surface area (Å²) in [6.07, 6.45) is 6.65. The molecule has 0 bridgehead atoms. The molecular formula is C18H28IN5O. The van der Waals surface area contributed by atoms with Gasteiger partial charge >= 0.3 is 0 Å². The minimum absolute atomic E-state index is 0. The van der Waals surface area contributed by atoms with E-state index in [2.05, 4.69) is 38.2 Å². The van der Waals surface area contributed by atoms with E-state index in [9.17, 15) is 0 Å². The second kappa shape index (κ2) is 11.7. The van der Waals surface area contributed by atoms with Gasteiger partial charge in [-0.1, -0.05) is 12.1 Å². The number of halogens is 1. The SMILES string of the molecule is CN=C(NCCCn1ccnc1)NCC(C)Oc1cccc(C)c1.I. The monoisotopic (exact) mass is 457 g/mol. The predicted molar refractivity (Wildman–Crippen MR) is 113 cm³/mol. The van der Waals surface area contributed by atoms with Gasteiger partial charge in [0.1, 0.15) is 11.9 Å². The van der Waals surface area contributed by atoms with E-state index in [-0.39, 0.29) is 30.1 Å². The first-order valence-corrected chi connectivity index (χ1v) is 8.31. The highest BCUT2D eigenvalue weighted by atomic mass is 127. The molecule has 0 spiro atoms. The largest absolute Gasteiger partial charge is 0.489 e. The maximum atomic E-state index is 5.91. The summed E-state index contributed by atoms with van der Waals surface area (Å²) in [5, 5.41) is 6.60. The second-order valence-electron chi connectivity index (χ2n) is 5.78. The first-order valence-electron chi connectivity index (χ1n) is 8.31. The summed E-state index contributed by atoms with van der Waals surface area (Å²) < 4.78 is 7.97. The van der Waals surface area contributed by atoms with Crippen LogP contribution < -0.4 is 15.4 Å². The Kier molecular flexibility index (Phi) is 9.98. The van der Waals surface area contributed by atoms with Crippen molar-refractivity contribution in [3.05, 3.63) is 48.5 Å². The zero-order valence-corrected chi connectivity index (χ0v) is 17.4. The van der Waals surface area contributed by atoms with Crippen molar-refractivity contribution in [1.29, 1.82) is 0 Å². The number of ether oxygens (including phenoxy) is 1. The Bertz CT molecular complexity index is 630. The molecule has 0 saturated carbocycles. The molecule has 0 radical (unpaired) electrons. The lowest BCUT2D eigenvalue weighted by Gasteiger charge is -2.18. The van der Waals surface area contributed by atoms with Crippen molar-refractivity contribution in [2.45, 2.75) is 32.9 Å². The lowest BCUT2D eigenvalue weighted by Crippen LogP contribution is -2.42. The molecule has 1 atom stereocenters. The average Bonchev–Trinajstić information content (AvgIpc) is 3.07. The van der Waals surface area contributed by atoms with E-state index in [0.717, 1.165) is 31.2 Å². The van der Waals surface area contributed by atoms with Crippen LogP contribution in [0.15, 0.2) is 48.0 Å². The minimum atomic E-state index is 0. The molecule has 1 unspecified atom stereocenters. The van der Waals surface area contributed by atoms with E-state index < -0.39 is 0 Å². The molecule has 0 aliphatic heterocycles. The summed E-state index contributed by atoms with van der Waals surface area (Å²) >= 11 is 0. The highest BCUT2D eigenvalue weighted by Gasteiger charge is 2.05. The summed E-state index contributed by atoms with van der Waals surface area (Å²) in [7, 11) is 1.78. The smallest absolute Gasteiger partial charge is 0.191 e. The lowest BCUT2D eigenvalue weighted by atomic mass is 10.2. The standard InChI is InChI=1S/C18H27N5O.HI/c1-15-6-4-7-17(12-15)24-16(2)13-22-18(19-3)21-8-5-10-23-11-9-20-14-23;/h4,6-7,9,11-12,14,16H,5,8,10,13H2,1-3H3,(H2,19,21,22);1H. The van der Waals surface area contributed by atoms with Crippen LogP contribution in [0.4, 0.5) is 0 Å². The fraction of sp³-hybridized carbons (Fsp3) is 0.444. The number of benzene rings is 1. The van der Waals surface area contributed by atoms with Crippen LogP contribution in [0.5, 0.6) is 5.75 Å². The van der Waals surface area contributed by atoms with Crippen LogP contribution in [-0.2, 0) is 6.54 Å². The second-order valence-corrected chi connectivity index (χ2v) is 5.78. The highest BCUT2D eigenvalue weighted by Crippen LogP contribution is 2.13. The van der Waals surface area contributed by atoms with Crippen LogP contribution in [0.25, 0.3) is 0 Å². The maximum Gasteiger partial charge on any atom is 0.191 e. The van der Waals surface area contributed by atoms with Gasteiger partial charge in [-0.25, -0.2) is 4.98 Å². The van der Waals surface area contributed by atoms with Gasteiger partial charge in [0.15, 0.2) is 5.96 Å². The molecule has 6 nitrogen and oxygen atoms in total. The van der Waals surface area contributed by atoms with Gasteiger partial charge in [0.2, 0.25) is 0 Å². The lowest BCUT2D eigenvalue weighted by molar-refractivity contribution is 0.223. The Morgan fingerprint density at radius 2 is 2.20 bits per heavy atom. The molecule has 0 saturated heterocycles. The van der Waals surface area contributed by atoms with Gasteiger partial charge in [-0.15, -0.1) is 24.0 Å². The summed E-state index contributed by atoms with van der Waals surface area (Å²) in [4.78, 5) is 8.27. The van der Waals surface area contributed by atoms with Crippen LogP contribution in [0.2, 0.25) is 0 Å². The number of nitrogens with zero attached hydrogens (tertiary/aromatic N) is 3. The van der Waals surface area contributed by atoms with Gasteiger partial charge < -0.3 is 19.9 Å². The number of hydrogen-bond acceptors (Lipinski definition) is 3. The van der Waals surface area contributed by atoms with Crippen molar-refractivity contribution in [3.8, 4) is 5.75 Å². The number of aryl methyl sites for hydroxylation is 2.